The van der Waals surface area contributed by atoms with Crippen LogP contribution in [0.5, 0.6) is 0 Å². The van der Waals surface area contributed by atoms with Crippen molar-refractivity contribution >= 4 is 5.91 Å². The van der Waals surface area contributed by atoms with Crippen molar-refractivity contribution in [2.24, 2.45) is 0 Å². The van der Waals surface area contributed by atoms with Gasteiger partial charge in [-0.2, -0.15) is 0 Å². The number of nitrogens with zero attached hydrogens (tertiary/aromatic N) is 1. The van der Waals surface area contributed by atoms with Crippen LogP contribution in [0.15, 0.2) is 67.0 Å². The molecule has 1 aromatic heterocycles. The van der Waals surface area contributed by atoms with Gasteiger partial charge in [0.15, 0.2) is 0 Å². The van der Waals surface area contributed by atoms with Gasteiger partial charge in [0, 0.05) is 31.1 Å². The molecule has 0 saturated heterocycles. The Labute approximate surface area is 159 Å². The van der Waals surface area contributed by atoms with Gasteiger partial charge in [-0.3, -0.25) is 4.79 Å². The van der Waals surface area contributed by atoms with Crippen molar-refractivity contribution in [3.63, 3.8) is 0 Å². The summed E-state index contributed by atoms with van der Waals surface area (Å²) >= 11 is 0. The molecule has 138 valence electrons. The minimum Gasteiger partial charge on any atom is -0.354 e. The smallest absolute Gasteiger partial charge is 0.243 e. The van der Waals surface area contributed by atoms with E-state index >= 15 is 0 Å². The van der Waals surface area contributed by atoms with Crippen LogP contribution in [0.2, 0.25) is 0 Å². The highest BCUT2D eigenvalue weighted by atomic mass is 16.2. The van der Waals surface area contributed by atoms with Crippen molar-refractivity contribution in [2.45, 2.75) is 24.8 Å². The van der Waals surface area contributed by atoms with E-state index in [0.717, 1.165) is 30.8 Å². The van der Waals surface area contributed by atoms with Crippen LogP contribution < -0.4 is 10.6 Å². The highest BCUT2D eigenvalue weighted by molar-refractivity contribution is 5.83. The zero-order valence-electron chi connectivity index (χ0n) is 15.2. The number of carbonyl (C=O) groups is 1. The Kier molecular flexibility index (Phi) is 5.30. The van der Waals surface area contributed by atoms with Gasteiger partial charge in [-0.25, -0.2) is 4.98 Å². The van der Waals surface area contributed by atoms with Crippen LogP contribution in [-0.4, -0.2) is 29.0 Å². The van der Waals surface area contributed by atoms with E-state index in [1.54, 1.807) is 6.33 Å². The first kappa shape index (κ1) is 17.5. The molecule has 1 unspecified atom stereocenters. The Morgan fingerprint density at radius 3 is 2.41 bits per heavy atom. The number of benzene rings is 2. The zero-order valence-corrected chi connectivity index (χ0v) is 15.2. The van der Waals surface area contributed by atoms with Crippen LogP contribution in [0.25, 0.3) is 0 Å². The van der Waals surface area contributed by atoms with Crippen molar-refractivity contribution in [3.05, 3.63) is 89.5 Å². The second-order valence-electron chi connectivity index (χ2n) is 6.86. The average molecular weight is 360 g/mol. The normalized spacial score (nSPS) is 16.1. The summed E-state index contributed by atoms with van der Waals surface area (Å²) in [6.45, 7) is 1.40. The molecule has 4 rings (SSSR count). The molecule has 0 fully saturated rings. The predicted molar refractivity (Wildman–Crippen MR) is 105 cm³/mol. The average Bonchev–Trinajstić information content (AvgIpc) is 3.21. The number of carbonyl (C=O) groups excluding carboxylic acids is 1. The van der Waals surface area contributed by atoms with Gasteiger partial charge in [-0.05, 0) is 17.5 Å². The maximum absolute atomic E-state index is 12.7. The molecule has 0 aliphatic carbocycles. The van der Waals surface area contributed by atoms with Gasteiger partial charge in [0.05, 0.1) is 12.0 Å². The fourth-order valence-corrected chi connectivity index (χ4v) is 3.77. The Hall–Kier alpha value is -2.92. The van der Waals surface area contributed by atoms with E-state index in [-0.39, 0.29) is 17.9 Å². The minimum absolute atomic E-state index is 0.0112. The minimum atomic E-state index is -0.369. The Morgan fingerprint density at radius 1 is 1.07 bits per heavy atom. The maximum atomic E-state index is 12.7. The quantitative estimate of drug-likeness (QED) is 0.633. The van der Waals surface area contributed by atoms with E-state index < -0.39 is 0 Å². The Balaban J connectivity index is 1.43. The predicted octanol–water partition coefficient (Wildman–Crippen LogP) is 2.93. The molecule has 3 N–H and O–H groups in total. The third-order valence-corrected chi connectivity index (χ3v) is 5.15. The highest BCUT2D eigenvalue weighted by Gasteiger charge is 2.28. The first-order valence-corrected chi connectivity index (χ1v) is 9.46. The van der Waals surface area contributed by atoms with Crippen LogP contribution in [-0.2, 0) is 11.2 Å². The summed E-state index contributed by atoms with van der Waals surface area (Å²) in [5.74, 6) is 0.246. The van der Waals surface area contributed by atoms with E-state index in [1.807, 2.05) is 12.1 Å². The zero-order chi connectivity index (χ0) is 18.5. The van der Waals surface area contributed by atoms with E-state index in [1.165, 1.54) is 11.1 Å². The molecular formula is C22H24N4O. The van der Waals surface area contributed by atoms with Gasteiger partial charge in [0.1, 0.15) is 6.04 Å². The number of hydrogen-bond acceptors (Lipinski definition) is 3. The van der Waals surface area contributed by atoms with Crippen molar-refractivity contribution in [1.82, 2.24) is 20.6 Å². The van der Waals surface area contributed by atoms with Gasteiger partial charge < -0.3 is 15.6 Å². The molecule has 2 aromatic carbocycles. The Morgan fingerprint density at radius 2 is 1.74 bits per heavy atom. The molecule has 0 radical (unpaired) electrons. The topological polar surface area (TPSA) is 69.8 Å². The number of imidazole rings is 1. The molecule has 5 heteroatoms. The summed E-state index contributed by atoms with van der Waals surface area (Å²) in [4.78, 5) is 20.1. The summed E-state index contributed by atoms with van der Waals surface area (Å²) in [7, 11) is 0. The van der Waals surface area contributed by atoms with Crippen LogP contribution in [0.1, 0.15) is 40.9 Å². The summed E-state index contributed by atoms with van der Waals surface area (Å²) < 4.78 is 0. The van der Waals surface area contributed by atoms with Crippen molar-refractivity contribution < 1.29 is 4.79 Å². The standard InChI is InChI=1S/C22H24N4O/c27-22(21-20-19(12-14-23-21)25-15-26-20)24-13-11-18(16-7-3-1-4-8-16)17-9-5-2-6-10-17/h1-10,15,18,21,23H,11-14H2,(H,24,27)(H,25,26). The number of aromatic amines is 1. The van der Waals surface area contributed by atoms with Crippen LogP contribution in [0.3, 0.4) is 0 Å². The molecule has 27 heavy (non-hydrogen) atoms. The van der Waals surface area contributed by atoms with Crippen molar-refractivity contribution in [1.29, 1.82) is 0 Å². The number of rotatable bonds is 6. The Bertz CT molecular complexity index is 836. The van der Waals surface area contributed by atoms with E-state index in [9.17, 15) is 4.79 Å². The molecular weight excluding hydrogens is 336 g/mol. The van der Waals surface area contributed by atoms with Gasteiger partial charge in [-0.1, -0.05) is 60.7 Å². The summed E-state index contributed by atoms with van der Waals surface area (Å²) in [5, 5.41) is 6.37. The van der Waals surface area contributed by atoms with E-state index in [2.05, 4.69) is 69.1 Å². The number of hydrogen-bond donors (Lipinski definition) is 3. The second-order valence-corrected chi connectivity index (χ2v) is 6.86. The van der Waals surface area contributed by atoms with Gasteiger partial charge >= 0.3 is 0 Å². The molecule has 1 aliphatic heterocycles. The third kappa shape index (κ3) is 3.93. The molecule has 0 saturated carbocycles. The number of nitrogens with one attached hydrogen (secondary N) is 3. The van der Waals surface area contributed by atoms with Crippen molar-refractivity contribution in [3.8, 4) is 0 Å². The third-order valence-electron chi connectivity index (χ3n) is 5.15. The lowest BCUT2D eigenvalue weighted by atomic mass is 9.88. The molecule has 1 amide bonds. The molecule has 0 bridgehead atoms. The summed E-state index contributed by atoms with van der Waals surface area (Å²) in [6.07, 6.45) is 3.39. The van der Waals surface area contributed by atoms with Gasteiger partial charge in [0.2, 0.25) is 5.91 Å². The fraction of sp³-hybridized carbons (Fsp3) is 0.273. The number of fused-ring (bicyclic) bond motifs is 1. The summed E-state index contributed by atoms with van der Waals surface area (Å²) in [6, 6.07) is 20.6. The van der Waals surface area contributed by atoms with Crippen LogP contribution in [0, 0.1) is 0 Å². The molecule has 0 spiro atoms. The number of amides is 1. The van der Waals surface area contributed by atoms with Gasteiger partial charge in [-0.15, -0.1) is 0 Å². The van der Waals surface area contributed by atoms with Gasteiger partial charge in [0.25, 0.3) is 0 Å². The molecule has 3 aromatic rings. The van der Waals surface area contributed by atoms with E-state index in [4.69, 9.17) is 0 Å². The number of H-pyrrole nitrogens is 1. The second kappa shape index (κ2) is 8.18. The van der Waals surface area contributed by atoms with Crippen LogP contribution in [0.4, 0.5) is 0 Å². The molecule has 1 aliphatic rings. The maximum Gasteiger partial charge on any atom is 0.243 e. The number of aromatic nitrogens is 2. The highest BCUT2D eigenvalue weighted by Crippen LogP contribution is 2.27. The summed E-state index contributed by atoms with van der Waals surface area (Å²) in [5.41, 5.74) is 4.41. The first-order valence-electron chi connectivity index (χ1n) is 9.46. The lowest BCUT2D eigenvalue weighted by Crippen LogP contribution is -2.42. The molecule has 1 atom stereocenters. The molecule has 5 nitrogen and oxygen atoms in total. The fourth-order valence-electron chi connectivity index (χ4n) is 3.77. The largest absolute Gasteiger partial charge is 0.354 e. The van der Waals surface area contributed by atoms with Crippen molar-refractivity contribution in [2.75, 3.05) is 13.1 Å². The monoisotopic (exact) mass is 360 g/mol. The SMILES string of the molecule is O=C(NCCC(c1ccccc1)c1ccccc1)C1NCCc2[nH]cnc21. The van der Waals surface area contributed by atoms with E-state index in [0.29, 0.717) is 6.54 Å². The lowest BCUT2D eigenvalue weighted by molar-refractivity contribution is -0.123. The molecule has 2 heterocycles. The lowest BCUT2D eigenvalue weighted by Gasteiger charge is -2.23. The first-order chi connectivity index (χ1) is 13.3. The van der Waals surface area contributed by atoms with Crippen LogP contribution >= 0.6 is 0 Å².